The zero-order chi connectivity index (χ0) is 13.9. The maximum atomic E-state index is 12.3. The standard InChI is InChI=1S/C17H24N2O/c18-16-14-9-8-13(11-14)15(16)17(20)19-10-4-7-12-5-2-1-3-6-12/h1-3,5-6,13-16H,4,7-11,18H2,(H,19,20). The number of carbonyl (C=O) groups excluding carboxylic acids is 1. The van der Waals surface area contributed by atoms with Crippen LogP contribution >= 0.6 is 0 Å². The van der Waals surface area contributed by atoms with Crippen molar-refractivity contribution in [1.29, 1.82) is 0 Å². The van der Waals surface area contributed by atoms with Crippen LogP contribution in [-0.4, -0.2) is 18.5 Å². The Morgan fingerprint density at radius 2 is 1.95 bits per heavy atom. The van der Waals surface area contributed by atoms with Gasteiger partial charge in [-0.05, 0) is 49.5 Å². The first kappa shape index (κ1) is 13.6. The molecule has 1 aromatic rings. The number of benzene rings is 1. The minimum atomic E-state index is 0.0745. The Morgan fingerprint density at radius 3 is 2.65 bits per heavy atom. The summed E-state index contributed by atoms with van der Waals surface area (Å²) in [6, 6.07) is 10.5. The van der Waals surface area contributed by atoms with Crippen molar-refractivity contribution in [3.05, 3.63) is 35.9 Å². The summed E-state index contributed by atoms with van der Waals surface area (Å²) in [4.78, 5) is 12.3. The summed E-state index contributed by atoms with van der Waals surface area (Å²) in [6.07, 6.45) is 5.60. The van der Waals surface area contributed by atoms with Crippen LogP contribution in [0.3, 0.4) is 0 Å². The number of hydrogen-bond acceptors (Lipinski definition) is 2. The molecule has 0 aromatic heterocycles. The second-order valence-corrected chi connectivity index (χ2v) is 6.32. The highest BCUT2D eigenvalue weighted by molar-refractivity contribution is 5.80. The molecule has 3 heteroatoms. The van der Waals surface area contributed by atoms with Crippen LogP contribution < -0.4 is 11.1 Å². The minimum Gasteiger partial charge on any atom is -0.356 e. The highest BCUT2D eigenvalue weighted by atomic mass is 16.1. The van der Waals surface area contributed by atoms with Crippen molar-refractivity contribution in [1.82, 2.24) is 5.32 Å². The number of carbonyl (C=O) groups is 1. The van der Waals surface area contributed by atoms with Crippen LogP contribution in [-0.2, 0) is 11.2 Å². The Bertz CT molecular complexity index is 457. The smallest absolute Gasteiger partial charge is 0.224 e. The molecule has 0 heterocycles. The molecular formula is C17H24N2O. The molecule has 3 N–H and O–H groups in total. The van der Waals surface area contributed by atoms with E-state index in [0.29, 0.717) is 11.8 Å². The van der Waals surface area contributed by atoms with Crippen molar-refractivity contribution in [2.75, 3.05) is 6.54 Å². The lowest BCUT2D eigenvalue weighted by atomic mass is 9.84. The average molecular weight is 272 g/mol. The van der Waals surface area contributed by atoms with Crippen LogP contribution in [0.15, 0.2) is 30.3 Å². The summed E-state index contributed by atoms with van der Waals surface area (Å²) >= 11 is 0. The third-order valence-electron chi connectivity index (χ3n) is 5.07. The van der Waals surface area contributed by atoms with Gasteiger partial charge in [-0.25, -0.2) is 0 Å². The largest absolute Gasteiger partial charge is 0.356 e. The van der Waals surface area contributed by atoms with E-state index < -0.39 is 0 Å². The van der Waals surface area contributed by atoms with Gasteiger partial charge in [0.2, 0.25) is 5.91 Å². The molecule has 20 heavy (non-hydrogen) atoms. The third kappa shape index (κ3) is 2.73. The maximum Gasteiger partial charge on any atom is 0.224 e. The molecule has 3 rings (SSSR count). The average Bonchev–Trinajstić information content (AvgIpc) is 3.05. The summed E-state index contributed by atoms with van der Waals surface area (Å²) in [5.41, 5.74) is 7.53. The van der Waals surface area contributed by atoms with E-state index in [-0.39, 0.29) is 17.9 Å². The lowest BCUT2D eigenvalue weighted by molar-refractivity contribution is -0.127. The molecule has 1 amide bonds. The van der Waals surface area contributed by atoms with Crippen LogP contribution in [0.4, 0.5) is 0 Å². The van der Waals surface area contributed by atoms with Gasteiger partial charge in [0.15, 0.2) is 0 Å². The van der Waals surface area contributed by atoms with Crippen molar-refractivity contribution in [2.45, 2.75) is 38.1 Å². The molecule has 0 aliphatic heterocycles. The molecule has 2 aliphatic carbocycles. The number of rotatable bonds is 5. The Kier molecular flexibility index (Phi) is 4.06. The quantitative estimate of drug-likeness (QED) is 0.807. The van der Waals surface area contributed by atoms with E-state index in [0.717, 1.165) is 19.4 Å². The van der Waals surface area contributed by atoms with Gasteiger partial charge in [-0.2, -0.15) is 0 Å². The molecule has 108 valence electrons. The fourth-order valence-electron chi connectivity index (χ4n) is 3.99. The number of nitrogens with one attached hydrogen (secondary N) is 1. The minimum absolute atomic E-state index is 0.0745. The second-order valence-electron chi connectivity index (χ2n) is 6.32. The second kappa shape index (κ2) is 5.96. The molecule has 1 aromatic carbocycles. The molecule has 0 spiro atoms. The van der Waals surface area contributed by atoms with Gasteiger partial charge in [-0.3, -0.25) is 4.79 Å². The zero-order valence-corrected chi connectivity index (χ0v) is 11.9. The van der Waals surface area contributed by atoms with E-state index in [9.17, 15) is 4.79 Å². The molecule has 0 radical (unpaired) electrons. The molecule has 2 aliphatic rings. The lowest BCUT2D eigenvalue weighted by Gasteiger charge is -2.27. The fourth-order valence-corrected chi connectivity index (χ4v) is 3.99. The van der Waals surface area contributed by atoms with E-state index in [2.05, 4.69) is 29.6 Å². The van der Waals surface area contributed by atoms with Crippen molar-refractivity contribution in [3.8, 4) is 0 Å². The normalized spacial score (nSPS) is 31.4. The SMILES string of the molecule is NC1C2CCC(C2)C1C(=O)NCCCc1ccccc1. The lowest BCUT2D eigenvalue weighted by Crippen LogP contribution is -2.45. The Balaban J connectivity index is 1.42. The molecule has 2 bridgehead atoms. The van der Waals surface area contributed by atoms with Crippen LogP contribution in [0.1, 0.15) is 31.2 Å². The van der Waals surface area contributed by atoms with Gasteiger partial charge in [0.1, 0.15) is 0 Å². The summed E-state index contributed by atoms with van der Waals surface area (Å²) < 4.78 is 0. The summed E-state index contributed by atoms with van der Waals surface area (Å²) in [5.74, 6) is 1.41. The first-order chi connectivity index (χ1) is 9.75. The number of aryl methyl sites for hydroxylation is 1. The predicted molar refractivity (Wildman–Crippen MR) is 80.1 cm³/mol. The monoisotopic (exact) mass is 272 g/mol. The van der Waals surface area contributed by atoms with Gasteiger partial charge < -0.3 is 11.1 Å². The van der Waals surface area contributed by atoms with Crippen LogP contribution in [0.2, 0.25) is 0 Å². The van der Waals surface area contributed by atoms with Gasteiger partial charge >= 0.3 is 0 Å². The van der Waals surface area contributed by atoms with Crippen LogP contribution in [0, 0.1) is 17.8 Å². The highest BCUT2D eigenvalue weighted by Crippen LogP contribution is 2.47. The van der Waals surface area contributed by atoms with E-state index >= 15 is 0 Å². The van der Waals surface area contributed by atoms with Crippen molar-refractivity contribution in [3.63, 3.8) is 0 Å². The number of fused-ring (bicyclic) bond motifs is 2. The number of hydrogen-bond donors (Lipinski definition) is 2. The maximum absolute atomic E-state index is 12.3. The molecule has 2 fully saturated rings. The molecule has 4 atom stereocenters. The molecule has 3 nitrogen and oxygen atoms in total. The van der Waals surface area contributed by atoms with Crippen molar-refractivity contribution in [2.24, 2.45) is 23.5 Å². The Labute approximate surface area is 120 Å². The topological polar surface area (TPSA) is 55.1 Å². The van der Waals surface area contributed by atoms with Crippen LogP contribution in [0.25, 0.3) is 0 Å². The fraction of sp³-hybridized carbons (Fsp3) is 0.588. The first-order valence-electron chi connectivity index (χ1n) is 7.83. The van der Waals surface area contributed by atoms with Crippen LogP contribution in [0.5, 0.6) is 0 Å². The van der Waals surface area contributed by atoms with Gasteiger partial charge in [0, 0.05) is 12.6 Å². The molecule has 0 saturated heterocycles. The van der Waals surface area contributed by atoms with Gasteiger partial charge in [0.05, 0.1) is 5.92 Å². The third-order valence-corrected chi connectivity index (χ3v) is 5.07. The van der Waals surface area contributed by atoms with Crippen molar-refractivity contribution >= 4 is 5.91 Å². The predicted octanol–water partition coefficient (Wildman–Crippen LogP) is 2.11. The first-order valence-corrected chi connectivity index (χ1v) is 7.83. The molecular weight excluding hydrogens is 248 g/mol. The van der Waals surface area contributed by atoms with E-state index in [1.165, 1.54) is 24.8 Å². The highest BCUT2D eigenvalue weighted by Gasteiger charge is 2.48. The van der Waals surface area contributed by atoms with Gasteiger partial charge in [0.25, 0.3) is 0 Å². The summed E-state index contributed by atoms with van der Waals surface area (Å²) in [5, 5.41) is 3.09. The Hall–Kier alpha value is -1.35. The zero-order valence-electron chi connectivity index (χ0n) is 11.9. The van der Waals surface area contributed by atoms with E-state index in [1.54, 1.807) is 0 Å². The van der Waals surface area contributed by atoms with E-state index in [1.807, 2.05) is 6.07 Å². The number of nitrogens with two attached hydrogens (primary N) is 1. The summed E-state index contributed by atoms with van der Waals surface area (Å²) in [6.45, 7) is 0.758. The molecule has 2 saturated carbocycles. The number of amides is 1. The van der Waals surface area contributed by atoms with E-state index in [4.69, 9.17) is 5.73 Å². The Morgan fingerprint density at radius 1 is 1.20 bits per heavy atom. The van der Waals surface area contributed by atoms with Crippen molar-refractivity contribution < 1.29 is 4.79 Å². The van der Waals surface area contributed by atoms with Gasteiger partial charge in [-0.1, -0.05) is 30.3 Å². The van der Waals surface area contributed by atoms with Gasteiger partial charge in [-0.15, -0.1) is 0 Å². The molecule has 4 unspecified atom stereocenters. The summed E-state index contributed by atoms with van der Waals surface area (Å²) in [7, 11) is 0.